The van der Waals surface area contributed by atoms with Gasteiger partial charge in [-0.05, 0) is 18.2 Å². The maximum atomic E-state index is 11.7. The predicted octanol–water partition coefficient (Wildman–Crippen LogP) is -0.468. The maximum Gasteiger partial charge on any atom is 0.254 e. The lowest BCUT2D eigenvalue weighted by Crippen LogP contribution is -2.35. The standard InChI is InChI=1S/C10H13N3O3/c1-13(5-9(12)15)10(16)6-2-3-7(11)8(14)4-6/h2-4,14H,5,11H2,1H3,(H2,12,15). The molecule has 1 rings (SSSR count). The maximum absolute atomic E-state index is 11.7. The highest BCUT2D eigenvalue weighted by atomic mass is 16.3. The summed E-state index contributed by atoms with van der Waals surface area (Å²) in [6, 6.07) is 4.13. The van der Waals surface area contributed by atoms with Gasteiger partial charge in [0.2, 0.25) is 5.91 Å². The number of nitrogen functional groups attached to an aromatic ring is 1. The number of carbonyl (C=O) groups excluding carboxylic acids is 2. The molecule has 0 aliphatic heterocycles. The third-order valence-corrected chi connectivity index (χ3v) is 2.02. The Morgan fingerprint density at radius 2 is 2.06 bits per heavy atom. The molecule has 0 radical (unpaired) electrons. The van der Waals surface area contributed by atoms with Crippen LogP contribution < -0.4 is 11.5 Å². The predicted molar refractivity (Wildman–Crippen MR) is 58.7 cm³/mol. The molecular weight excluding hydrogens is 210 g/mol. The Morgan fingerprint density at radius 3 is 2.56 bits per heavy atom. The van der Waals surface area contributed by atoms with Gasteiger partial charge in [-0.2, -0.15) is 0 Å². The van der Waals surface area contributed by atoms with Gasteiger partial charge in [0.25, 0.3) is 5.91 Å². The molecule has 0 aromatic heterocycles. The molecule has 0 aliphatic carbocycles. The molecule has 0 heterocycles. The first-order valence-electron chi connectivity index (χ1n) is 4.54. The molecule has 0 bridgehead atoms. The number of carbonyl (C=O) groups is 2. The van der Waals surface area contributed by atoms with Gasteiger partial charge in [0.15, 0.2) is 0 Å². The van der Waals surface area contributed by atoms with Crippen molar-refractivity contribution < 1.29 is 14.7 Å². The molecule has 2 amide bonds. The smallest absolute Gasteiger partial charge is 0.254 e. The van der Waals surface area contributed by atoms with E-state index >= 15 is 0 Å². The van der Waals surface area contributed by atoms with E-state index in [1.54, 1.807) is 0 Å². The second-order valence-corrected chi connectivity index (χ2v) is 3.40. The lowest BCUT2D eigenvalue weighted by Gasteiger charge is -2.15. The van der Waals surface area contributed by atoms with Gasteiger partial charge in [-0.15, -0.1) is 0 Å². The number of amides is 2. The van der Waals surface area contributed by atoms with E-state index in [-0.39, 0.29) is 23.5 Å². The van der Waals surface area contributed by atoms with Crippen molar-refractivity contribution in [1.29, 1.82) is 0 Å². The fourth-order valence-corrected chi connectivity index (χ4v) is 1.20. The molecule has 0 spiro atoms. The number of nitrogens with zero attached hydrogens (tertiary/aromatic N) is 1. The van der Waals surface area contributed by atoms with E-state index in [2.05, 4.69) is 0 Å². The number of nitrogens with two attached hydrogens (primary N) is 2. The minimum atomic E-state index is -0.601. The molecule has 5 N–H and O–H groups in total. The zero-order chi connectivity index (χ0) is 12.3. The van der Waals surface area contributed by atoms with Crippen LogP contribution in [0.5, 0.6) is 5.75 Å². The summed E-state index contributed by atoms with van der Waals surface area (Å²) in [5, 5.41) is 9.33. The van der Waals surface area contributed by atoms with Crippen molar-refractivity contribution >= 4 is 17.5 Å². The van der Waals surface area contributed by atoms with Crippen LogP contribution in [-0.2, 0) is 4.79 Å². The first-order chi connectivity index (χ1) is 7.41. The first kappa shape index (κ1) is 11.8. The van der Waals surface area contributed by atoms with Crippen LogP contribution in [0, 0.1) is 0 Å². The van der Waals surface area contributed by atoms with Crippen LogP contribution in [0.2, 0.25) is 0 Å². The lowest BCUT2D eigenvalue weighted by molar-refractivity contribution is -0.118. The summed E-state index contributed by atoms with van der Waals surface area (Å²) in [6.45, 7) is -0.177. The van der Waals surface area contributed by atoms with Crippen molar-refractivity contribution in [2.45, 2.75) is 0 Å². The fourth-order valence-electron chi connectivity index (χ4n) is 1.20. The summed E-state index contributed by atoms with van der Waals surface area (Å²) in [4.78, 5) is 23.5. The minimum Gasteiger partial charge on any atom is -0.506 e. The molecule has 1 aromatic carbocycles. The highest BCUT2D eigenvalue weighted by Crippen LogP contribution is 2.21. The Morgan fingerprint density at radius 1 is 1.44 bits per heavy atom. The fraction of sp³-hybridized carbons (Fsp3) is 0.200. The Balaban J connectivity index is 2.88. The molecular formula is C10H13N3O3. The summed E-state index contributed by atoms with van der Waals surface area (Å²) in [5.41, 5.74) is 10.8. The highest BCUT2D eigenvalue weighted by Gasteiger charge is 2.14. The SMILES string of the molecule is CN(CC(N)=O)C(=O)c1ccc(N)c(O)c1. The molecule has 16 heavy (non-hydrogen) atoms. The van der Waals surface area contributed by atoms with E-state index < -0.39 is 11.8 Å². The zero-order valence-corrected chi connectivity index (χ0v) is 8.80. The number of aromatic hydroxyl groups is 1. The molecule has 0 saturated heterocycles. The Kier molecular flexibility index (Phi) is 3.34. The van der Waals surface area contributed by atoms with E-state index in [0.717, 1.165) is 4.90 Å². The normalized spacial score (nSPS) is 9.81. The van der Waals surface area contributed by atoms with E-state index in [4.69, 9.17) is 11.5 Å². The molecule has 6 heteroatoms. The number of phenolic OH excluding ortho intramolecular Hbond substituents is 1. The number of phenols is 1. The monoisotopic (exact) mass is 223 g/mol. The summed E-state index contributed by atoms with van der Waals surface area (Å²) >= 11 is 0. The van der Waals surface area contributed by atoms with Crippen LogP contribution >= 0.6 is 0 Å². The van der Waals surface area contributed by atoms with Gasteiger partial charge in [0, 0.05) is 12.6 Å². The number of primary amides is 1. The molecule has 0 unspecified atom stereocenters. The molecule has 6 nitrogen and oxygen atoms in total. The zero-order valence-electron chi connectivity index (χ0n) is 8.80. The Hall–Kier alpha value is -2.24. The van der Waals surface area contributed by atoms with Crippen molar-refractivity contribution in [3.63, 3.8) is 0 Å². The van der Waals surface area contributed by atoms with Gasteiger partial charge >= 0.3 is 0 Å². The lowest BCUT2D eigenvalue weighted by atomic mass is 10.1. The third kappa shape index (κ3) is 2.63. The second-order valence-electron chi connectivity index (χ2n) is 3.40. The van der Waals surface area contributed by atoms with Crippen molar-refractivity contribution in [1.82, 2.24) is 4.90 Å². The number of anilines is 1. The summed E-state index contributed by atoms with van der Waals surface area (Å²) in [6.07, 6.45) is 0. The molecule has 0 saturated carbocycles. The minimum absolute atomic E-state index is 0.168. The van der Waals surface area contributed by atoms with Crippen LogP contribution in [0.3, 0.4) is 0 Å². The highest BCUT2D eigenvalue weighted by molar-refractivity contribution is 5.96. The van der Waals surface area contributed by atoms with E-state index in [9.17, 15) is 14.7 Å². The van der Waals surface area contributed by atoms with Crippen LogP contribution in [-0.4, -0.2) is 35.4 Å². The van der Waals surface area contributed by atoms with Gasteiger partial charge in [0.05, 0.1) is 12.2 Å². The molecule has 0 aliphatic rings. The van der Waals surface area contributed by atoms with E-state index in [1.807, 2.05) is 0 Å². The van der Waals surface area contributed by atoms with Crippen molar-refractivity contribution in [2.24, 2.45) is 5.73 Å². The Bertz CT molecular complexity index is 431. The first-order valence-corrected chi connectivity index (χ1v) is 4.54. The van der Waals surface area contributed by atoms with Crippen molar-refractivity contribution in [3.8, 4) is 5.75 Å². The molecule has 0 fully saturated rings. The quantitative estimate of drug-likeness (QED) is 0.475. The Labute approximate surface area is 92.4 Å². The van der Waals surface area contributed by atoms with E-state index in [0.29, 0.717) is 0 Å². The summed E-state index contributed by atoms with van der Waals surface area (Å²) in [7, 11) is 1.44. The average molecular weight is 223 g/mol. The number of hydrogen-bond donors (Lipinski definition) is 3. The number of benzene rings is 1. The number of likely N-dealkylation sites (N-methyl/N-ethyl adjacent to an activating group) is 1. The van der Waals surface area contributed by atoms with E-state index in [1.165, 1.54) is 25.2 Å². The van der Waals surface area contributed by atoms with Crippen LogP contribution in [0.15, 0.2) is 18.2 Å². The average Bonchev–Trinajstić information content (AvgIpc) is 2.20. The molecule has 86 valence electrons. The topological polar surface area (TPSA) is 110 Å². The summed E-state index contributed by atoms with van der Waals surface area (Å²) < 4.78 is 0. The van der Waals surface area contributed by atoms with Gasteiger partial charge in [0.1, 0.15) is 5.75 Å². The van der Waals surface area contributed by atoms with Crippen LogP contribution in [0.1, 0.15) is 10.4 Å². The second kappa shape index (κ2) is 4.52. The number of rotatable bonds is 3. The largest absolute Gasteiger partial charge is 0.506 e. The third-order valence-electron chi connectivity index (χ3n) is 2.02. The van der Waals surface area contributed by atoms with Crippen LogP contribution in [0.4, 0.5) is 5.69 Å². The van der Waals surface area contributed by atoms with Crippen LogP contribution in [0.25, 0.3) is 0 Å². The van der Waals surface area contributed by atoms with Crippen molar-refractivity contribution in [3.05, 3.63) is 23.8 Å². The number of hydrogen-bond acceptors (Lipinski definition) is 4. The van der Waals surface area contributed by atoms with Gasteiger partial charge in [-0.3, -0.25) is 9.59 Å². The van der Waals surface area contributed by atoms with Gasteiger partial charge in [-0.25, -0.2) is 0 Å². The van der Waals surface area contributed by atoms with Gasteiger partial charge < -0.3 is 21.5 Å². The summed E-state index contributed by atoms with van der Waals surface area (Å²) in [5.74, 6) is -1.18. The van der Waals surface area contributed by atoms with Gasteiger partial charge in [-0.1, -0.05) is 0 Å². The molecule has 0 atom stereocenters. The molecule has 1 aromatic rings. The van der Waals surface area contributed by atoms with Crippen molar-refractivity contribution in [2.75, 3.05) is 19.3 Å².